The van der Waals surface area contributed by atoms with Gasteiger partial charge in [-0.05, 0) is 37.1 Å². The first kappa shape index (κ1) is 29.1. The number of morpholine rings is 1. The van der Waals surface area contributed by atoms with Crippen LogP contribution in [0, 0.1) is 12.3 Å². The van der Waals surface area contributed by atoms with E-state index >= 15 is 0 Å². The molecule has 0 unspecified atom stereocenters. The van der Waals surface area contributed by atoms with Crippen LogP contribution in [0.5, 0.6) is 5.75 Å². The molecule has 0 saturated carbocycles. The van der Waals surface area contributed by atoms with Crippen molar-refractivity contribution in [2.75, 3.05) is 43.5 Å². The molecule has 1 saturated heterocycles. The number of ether oxygens (including phenoxy) is 2. The predicted octanol–water partition coefficient (Wildman–Crippen LogP) is 5.09. The van der Waals surface area contributed by atoms with E-state index in [9.17, 15) is 14.4 Å². The summed E-state index contributed by atoms with van der Waals surface area (Å²) in [5, 5.41) is 8.38. The van der Waals surface area contributed by atoms with Gasteiger partial charge < -0.3 is 19.7 Å². The Balaban J connectivity index is 1.46. The Kier molecular flexibility index (Phi) is 10.5. The molecule has 0 spiro atoms. The third-order valence-electron chi connectivity index (χ3n) is 6.08. The highest BCUT2D eigenvalue weighted by molar-refractivity contribution is 7.14. The molecule has 0 atom stereocenters. The largest absolute Gasteiger partial charge is 0.482 e. The standard InChI is InChI=1S/C29H29ClN4O5S/c1-2-3-4-5-10-26(35)31-23-17-20(11-12-25(23)39-18-27(36)34-13-15-38-16-14-34)28(37)33-29-32-24(19-40-29)21-8-6-7-9-22(21)30/h1,6-9,11-12,17,19H,3-5,10,13-16,18H2,(H,31,35)(H,32,33,37). The van der Waals surface area contributed by atoms with Gasteiger partial charge in [-0.1, -0.05) is 29.8 Å². The molecule has 2 heterocycles. The highest BCUT2D eigenvalue weighted by atomic mass is 35.5. The van der Waals surface area contributed by atoms with Gasteiger partial charge in [-0.3, -0.25) is 19.7 Å². The molecular formula is C29H29ClN4O5S. The minimum Gasteiger partial charge on any atom is -0.482 e. The number of nitrogens with one attached hydrogen (secondary N) is 2. The molecule has 9 nitrogen and oxygen atoms in total. The van der Waals surface area contributed by atoms with Crippen LogP contribution in [0.1, 0.15) is 36.0 Å². The summed E-state index contributed by atoms with van der Waals surface area (Å²) in [6.45, 7) is 1.75. The Morgan fingerprint density at radius 3 is 2.70 bits per heavy atom. The van der Waals surface area contributed by atoms with Crippen molar-refractivity contribution in [3.63, 3.8) is 0 Å². The topological polar surface area (TPSA) is 110 Å². The van der Waals surface area contributed by atoms with Gasteiger partial charge in [-0.2, -0.15) is 0 Å². The molecule has 2 aromatic carbocycles. The zero-order chi connectivity index (χ0) is 28.3. The van der Waals surface area contributed by atoms with E-state index in [2.05, 4.69) is 21.5 Å². The van der Waals surface area contributed by atoms with E-state index in [4.69, 9.17) is 27.5 Å². The first-order chi connectivity index (χ1) is 19.4. The maximum atomic E-state index is 13.1. The summed E-state index contributed by atoms with van der Waals surface area (Å²) < 4.78 is 11.1. The fourth-order valence-corrected chi connectivity index (χ4v) is 4.89. The summed E-state index contributed by atoms with van der Waals surface area (Å²) in [5.41, 5.74) is 1.99. The van der Waals surface area contributed by atoms with E-state index in [1.807, 2.05) is 23.6 Å². The van der Waals surface area contributed by atoms with Gasteiger partial charge in [-0.25, -0.2) is 4.98 Å². The molecule has 4 rings (SSSR count). The number of anilines is 2. The number of carbonyl (C=O) groups is 3. The number of unbranched alkanes of at least 4 members (excludes halogenated alkanes) is 2. The molecule has 0 bridgehead atoms. The van der Waals surface area contributed by atoms with E-state index in [0.717, 1.165) is 12.0 Å². The summed E-state index contributed by atoms with van der Waals surface area (Å²) >= 11 is 7.54. The number of carbonyl (C=O) groups excluding carboxylic acids is 3. The molecule has 3 aromatic rings. The van der Waals surface area contributed by atoms with Crippen molar-refractivity contribution in [3.8, 4) is 29.4 Å². The second kappa shape index (κ2) is 14.5. The first-order valence-corrected chi connectivity index (χ1v) is 14.1. The van der Waals surface area contributed by atoms with Crippen molar-refractivity contribution < 1.29 is 23.9 Å². The average Bonchev–Trinajstić information content (AvgIpc) is 3.43. The lowest BCUT2D eigenvalue weighted by molar-refractivity contribution is -0.137. The lowest BCUT2D eigenvalue weighted by Crippen LogP contribution is -2.43. The van der Waals surface area contributed by atoms with Gasteiger partial charge in [0.05, 0.1) is 24.6 Å². The van der Waals surface area contributed by atoms with Gasteiger partial charge in [0.15, 0.2) is 11.7 Å². The van der Waals surface area contributed by atoms with Gasteiger partial charge in [0.1, 0.15) is 5.75 Å². The van der Waals surface area contributed by atoms with Crippen molar-refractivity contribution in [2.45, 2.75) is 25.7 Å². The van der Waals surface area contributed by atoms with E-state index in [-0.39, 0.29) is 36.2 Å². The third kappa shape index (κ3) is 8.05. The van der Waals surface area contributed by atoms with Gasteiger partial charge >= 0.3 is 0 Å². The minimum absolute atomic E-state index is 0.185. The summed E-state index contributed by atoms with van der Waals surface area (Å²) in [5.74, 6) is 1.99. The number of thiazole rings is 1. The molecule has 2 N–H and O–H groups in total. The zero-order valence-electron chi connectivity index (χ0n) is 21.8. The van der Waals surface area contributed by atoms with E-state index in [1.54, 1.807) is 23.1 Å². The fourth-order valence-electron chi connectivity index (χ4n) is 3.96. The second-order valence-corrected chi connectivity index (χ2v) is 10.2. The Labute approximate surface area is 241 Å². The highest BCUT2D eigenvalue weighted by Crippen LogP contribution is 2.31. The summed E-state index contributed by atoms with van der Waals surface area (Å²) in [6.07, 6.45) is 7.49. The average molecular weight is 581 g/mol. The maximum absolute atomic E-state index is 13.1. The van der Waals surface area contributed by atoms with Crippen LogP contribution in [0.4, 0.5) is 10.8 Å². The van der Waals surface area contributed by atoms with E-state index < -0.39 is 5.91 Å². The number of terminal acetylenes is 1. The number of nitrogens with zero attached hydrogens (tertiary/aromatic N) is 2. The maximum Gasteiger partial charge on any atom is 0.260 e. The Hall–Kier alpha value is -3.91. The summed E-state index contributed by atoms with van der Waals surface area (Å²) in [7, 11) is 0. The molecular weight excluding hydrogens is 552 g/mol. The Morgan fingerprint density at radius 2 is 1.93 bits per heavy atom. The number of halogens is 1. The van der Waals surface area contributed by atoms with Gasteiger partial charge in [0.25, 0.3) is 11.8 Å². The molecule has 1 fully saturated rings. The Bertz CT molecular complexity index is 1400. The number of aromatic nitrogens is 1. The smallest absolute Gasteiger partial charge is 0.260 e. The second-order valence-electron chi connectivity index (χ2n) is 8.92. The summed E-state index contributed by atoms with van der Waals surface area (Å²) in [4.78, 5) is 44.4. The van der Waals surface area contributed by atoms with Crippen molar-refractivity contribution in [3.05, 3.63) is 58.4 Å². The van der Waals surface area contributed by atoms with Gasteiger partial charge in [0.2, 0.25) is 5.91 Å². The molecule has 1 aliphatic rings. The van der Waals surface area contributed by atoms with Crippen LogP contribution < -0.4 is 15.4 Å². The van der Waals surface area contributed by atoms with Crippen molar-refractivity contribution in [2.24, 2.45) is 0 Å². The first-order valence-electron chi connectivity index (χ1n) is 12.8. The van der Waals surface area contributed by atoms with E-state index in [0.29, 0.717) is 60.7 Å². The highest BCUT2D eigenvalue weighted by Gasteiger charge is 2.19. The monoisotopic (exact) mass is 580 g/mol. The van der Waals surface area contributed by atoms with Crippen LogP contribution in [0.2, 0.25) is 5.02 Å². The van der Waals surface area contributed by atoms with Crippen LogP contribution in [0.3, 0.4) is 0 Å². The lowest BCUT2D eigenvalue weighted by Gasteiger charge is -2.26. The quantitative estimate of drug-likeness (QED) is 0.242. The molecule has 208 valence electrons. The van der Waals surface area contributed by atoms with Crippen molar-refractivity contribution >= 4 is 51.5 Å². The zero-order valence-corrected chi connectivity index (χ0v) is 23.4. The van der Waals surface area contributed by atoms with Crippen LogP contribution in [-0.4, -0.2) is 60.5 Å². The van der Waals surface area contributed by atoms with Crippen LogP contribution in [-0.2, 0) is 14.3 Å². The summed E-state index contributed by atoms with van der Waals surface area (Å²) in [6, 6.07) is 12.0. The lowest BCUT2D eigenvalue weighted by atomic mass is 10.1. The van der Waals surface area contributed by atoms with Gasteiger partial charge in [-0.15, -0.1) is 23.7 Å². The van der Waals surface area contributed by atoms with Crippen molar-refractivity contribution in [1.29, 1.82) is 0 Å². The third-order valence-corrected chi connectivity index (χ3v) is 7.17. The molecule has 3 amide bonds. The van der Waals surface area contributed by atoms with Crippen LogP contribution in [0.15, 0.2) is 47.8 Å². The minimum atomic E-state index is -0.416. The van der Waals surface area contributed by atoms with E-state index in [1.165, 1.54) is 17.4 Å². The van der Waals surface area contributed by atoms with Crippen LogP contribution in [0.25, 0.3) is 11.3 Å². The molecule has 40 heavy (non-hydrogen) atoms. The number of hydrogen-bond acceptors (Lipinski definition) is 7. The predicted molar refractivity (Wildman–Crippen MR) is 156 cm³/mol. The number of amides is 3. The molecule has 0 aliphatic carbocycles. The molecule has 11 heteroatoms. The van der Waals surface area contributed by atoms with Gasteiger partial charge in [0, 0.05) is 47.5 Å². The SMILES string of the molecule is C#CCCCCC(=O)Nc1cc(C(=O)Nc2nc(-c3ccccc3Cl)cs2)ccc1OCC(=O)N1CCOCC1. The fraction of sp³-hybridized carbons (Fsp3) is 0.310. The number of benzene rings is 2. The molecule has 1 aromatic heterocycles. The number of hydrogen-bond donors (Lipinski definition) is 2. The normalized spacial score (nSPS) is 12.8. The van der Waals surface area contributed by atoms with Crippen molar-refractivity contribution in [1.82, 2.24) is 9.88 Å². The Morgan fingerprint density at radius 1 is 1.12 bits per heavy atom. The molecule has 1 aliphatic heterocycles. The number of rotatable bonds is 11. The molecule has 0 radical (unpaired) electrons. The van der Waals surface area contributed by atoms with Crippen LogP contribution >= 0.6 is 22.9 Å².